The normalized spacial score (nSPS) is 19.9. The zero-order valence-corrected chi connectivity index (χ0v) is 10.6. The van der Waals surface area contributed by atoms with Gasteiger partial charge in [-0.05, 0) is 19.1 Å². The van der Waals surface area contributed by atoms with E-state index < -0.39 is 0 Å². The van der Waals surface area contributed by atoms with Gasteiger partial charge in [0.2, 0.25) is 0 Å². The molecule has 2 rings (SSSR count). The van der Waals surface area contributed by atoms with Crippen LogP contribution in [0.2, 0.25) is 0 Å². The number of amidine groups is 1. The molecule has 2 N–H and O–H groups in total. The highest BCUT2D eigenvalue weighted by Crippen LogP contribution is 2.30. The van der Waals surface area contributed by atoms with E-state index >= 15 is 0 Å². The molecule has 17 heavy (non-hydrogen) atoms. The Hall–Kier alpha value is -1.40. The quantitative estimate of drug-likeness (QED) is 0.858. The number of methoxy groups -OCH3 is 1. The molecular weight excluding hydrogens is 238 g/mol. The van der Waals surface area contributed by atoms with E-state index in [-0.39, 0.29) is 17.9 Å². The van der Waals surface area contributed by atoms with Gasteiger partial charge in [0.05, 0.1) is 6.61 Å². The van der Waals surface area contributed by atoms with E-state index in [0.29, 0.717) is 13.2 Å². The van der Waals surface area contributed by atoms with Crippen LogP contribution in [-0.4, -0.2) is 37.0 Å². The lowest BCUT2D eigenvalue weighted by molar-refractivity contribution is 0.151. The van der Waals surface area contributed by atoms with Crippen LogP contribution in [0.15, 0.2) is 12.1 Å². The van der Waals surface area contributed by atoms with Crippen molar-refractivity contribution in [3.8, 4) is 0 Å². The fourth-order valence-electron chi connectivity index (χ4n) is 1.84. The maximum atomic E-state index is 11.7. The van der Waals surface area contributed by atoms with Gasteiger partial charge in [0.15, 0.2) is 0 Å². The highest BCUT2D eigenvalue weighted by molar-refractivity contribution is 7.12. The highest BCUT2D eigenvalue weighted by Gasteiger charge is 2.37. The van der Waals surface area contributed by atoms with Crippen molar-refractivity contribution in [1.82, 2.24) is 10.2 Å². The molecule has 1 saturated heterocycles. The third-order valence-corrected chi connectivity index (χ3v) is 3.71. The Kier molecular flexibility index (Phi) is 3.44. The first-order chi connectivity index (χ1) is 8.13. The Morgan fingerprint density at radius 3 is 2.94 bits per heavy atom. The van der Waals surface area contributed by atoms with Crippen LogP contribution in [0.1, 0.15) is 15.8 Å². The molecule has 1 unspecified atom stereocenters. The first kappa shape index (κ1) is 12.1. The van der Waals surface area contributed by atoms with Crippen LogP contribution in [0, 0.1) is 12.3 Å². The summed E-state index contributed by atoms with van der Waals surface area (Å²) in [6.07, 6.45) is 0. The van der Waals surface area contributed by atoms with Crippen molar-refractivity contribution in [2.75, 3.05) is 20.3 Å². The number of carbonyl (C=O) groups excluding carboxylic acids is 1. The second-order valence-corrected chi connectivity index (χ2v) is 5.20. The van der Waals surface area contributed by atoms with Crippen LogP contribution in [0.25, 0.3) is 0 Å². The van der Waals surface area contributed by atoms with Crippen molar-refractivity contribution in [1.29, 1.82) is 5.41 Å². The van der Waals surface area contributed by atoms with E-state index in [4.69, 9.17) is 10.1 Å². The largest absolute Gasteiger partial charge is 0.383 e. The van der Waals surface area contributed by atoms with E-state index in [1.54, 1.807) is 23.3 Å². The van der Waals surface area contributed by atoms with Gasteiger partial charge in [0.1, 0.15) is 11.9 Å². The highest BCUT2D eigenvalue weighted by atomic mass is 32.1. The van der Waals surface area contributed by atoms with Crippen LogP contribution in [0.4, 0.5) is 4.79 Å². The SMILES string of the molecule is COCCN1C(=O)NC(=N)C1c1ccc(C)s1. The first-order valence-electron chi connectivity index (χ1n) is 5.35. The molecule has 0 bridgehead atoms. The zero-order chi connectivity index (χ0) is 12.4. The molecule has 6 heteroatoms. The number of rotatable bonds is 4. The Morgan fingerprint density at radius 2 is 2.35 bits per heavy atom. The number of nitrogens with one attached hydrogen (secondary N) is 2. The number of hydrogen-bond acceptors (Lipinski definition) is 4. The third kappa shape index (κ3) is 2.32. The third-order valence-electron chi connectivity index (χ3n) is 2.65. The predicted octanol–water partition coefficient (Wildman–Crippen LogP) is 1.75. The van der Waals surface area contributed by atoms with Gasteiger partial charge in [0, 0.05) is 23.4 Å². The number of nitrogens with zero attached hydrogens (tertiary/aromatic N) is 1. The second-order valence-electron chi connectivity index (χ2n) is 3.88. The van der Waals surface area contributed by atoms with Gasteiger partial charge in [-0.15, -0.1) is 11.3 Å². The summed E-state index contributed by atoms with van der Waals surface area (Å²) in [5.41, 5.74) is 0. The minimum Gasteiger partial charge on any atom is -0.383 e. The first-order valence-corrected chi connectivity index (χ1v) is 6.16. The van der Waals surface area contributed by atoms with E-state index in [1.807, 2.05) is 19.1 Å². The van der Waals surface area contributed by atoms with Crippen molar-refractivity contribution in [3.05, 3.63) is 21.9 Å². The van der Waals surface area contributed by atoms with E-state index in [2.05, 4.69) is 5.32 Å². The predicted molar refractivity (Wildman–Crippen MR) is 66.6 cm³/mol. The van der Waals surface area contributed by atoms with Crippen LogP contribution in [0.5, 0.6) is 0 Å². The monoisotopic (exact) mass is 253 g/mol. The Bertz CT molecular complexity index is 444. The molecule has 92 valence electrons. The molecule has 1 fully saturated rings. The van der Waals surface area contributed by atoms with Gasteiger partial charge in [-0.25, -0.2) is 4.79 Å². The minimum atomic E-state index is -0.281. The number of hydrogen-bond donors (Lipinski definition) is 2. The Balaban J connectivity index is 2.22. The van der Waals surface area contributed by atoms with Gasteiger partial charge in [-0.3, -0.25) is 10.7 Å². The van der Waals surface area contributed by atoms with Gasteiger partial charge in [0.25, 0.3) is 0 Å². The second kappa shape index (κ2) is 4.85. The number of urea groups is 1. The van der Waals surface area contributed by atoms with Crippen molar-refractivity contribution >= 4 is 23.2 Å². The number of ether oxygens (including phenoxy) is 1. The fourth-order valence-corrected chi connectivity index (χ4v) is 2.85. The molecule has 1 atom stereocenters. The van der Waals surface area contributed by atoms with Crippen LogP contribution in [0.3, 0.4) is 0 Å². The molecule has 2 heterocycles. The molecule has 1 aromatic rings. The summed E-state index contributed by atoms with van der Waals surface area (Å²) < 4.78 is 4.99. The molecular formula is C11H15N3O2S. The molecule has 5 nitrogen and oxygen atoms in total. The van der Waals surface area contributed by atoms with E-state index in [1.165, 1.54) is 4.88 Å². The molecule has 2 amide bonds. The molecule has 0 aromatic carbocycles. The van der Waals surface area contributed by atoms with Crippen molar-refractivity contribution < 1.29 is 9.53 Å². The van der Waals surface area contributed by atoms with Crippen LogP contribution < -0.4 is 5.32 Å². The van der Waals surface area contributed by atoms with Gasteiger partial charge in [-0.1, -0.05) is 0 Å². The molecule has 1 aromatic heterocycles. The lowest BCUT2D eigenvalue weighted by atomic mass is 10.2. The molecule has 0 spiro atoms. The average molecular weight is 253 g/mol. The summed E-state index contributed by atoms with van der Waals surface area (Å²) in [5.74, 6) is 0.243. The molecule has 1 aliphatic heterocycles. The van der Waals surface area contributed by atoms with Crippen LogP contribution in [-0.2, 0) is 4.74 Å². The van der Waals surface area contributed by atoms with E-state index in [9.17, 15) is 4.79 Å². The smallest absolute Gasteiger partial charge is 0.323 e. The summed E-state index contributed by atoms with van der Waals surface area (Å²) >= 11 is 1.61. The number of thiophene rings is 1. The Labute approximate surface area is 104 Å². The van der Waals surface area contributed by atoms with Crippen molar-refractivity contribution in [2.24, 2.45) is 0 Å². The Morgan fingerprint density at radius 1 is 1.59 bits per heavy atom. The van der Waals surface area contributed by atoms with Gasteiger partial charge in [-0.2, -0.15) is 0 Å². The van der Waals surface area contributed by atoms with Crippen molar-refractivity contribution in [3.63, 3.8) is 0 Å². The number of amides is 2. The van der Waals surface area contributed by atoms with Crippen LogP contribution >= 0.6 is 11.3 Å². The summed E-state index contributed by atoms with van der Waals surface area (Å²) in [7, 11) is 1.60. The molecule has 0 saturated carbocycles. The summed E-state index contributed by atoms with van der Waals surface area (Å²) in [5, 5.41) is 10.4. The van der Waals surface area contributed by atoms with Gasteiger partial charge < -0.3 is 9.64 Å². The summed E-state index contributed by atoms with van der Waals surface area (Å²) in [6.45, 7) is 2.98. The lowest BCUT2D eigenvalue weighted by Gasteiger charge is -2.21. The minimum absolute atomic E-state index is 0.219. The van der Waals surface area contributed by atoms with E-state index in [0.717, 1.165) is 4.88 Å². The van der Waals surface area contributed by atoms with Gasteiger partial charge >= 0.3 is 6.03 Å². The topological polar surface area (TPSA) is 65.4 Å². The molecule has 1 aliphatic rings. The molecule has 0 aliphatic carbocycles. The maximum absolute atomic E-state index is 11.7. The lowest BCUT2D eigenvalue weighted by Crippen LogP contribution is -2.32. The molecule has 0 radical (unpaired) electrons. The zero-order valence-electron chi connectivity index (χ0n) is 9.82. The number of aryl methyl sites for hydroxylation is 1. The maximum Gasteiger partial charge on any atom is 0.323 e. The fraction of sp³-hybridized carbons (Fsp3) is 0.455. The summed E-state index contributed by atoms with van der Waals surface area (Å²) in [4.78, 5) is 15.5. The standard InChI is InChI=1S/C11H15N3O2S/c1-7-3-4-8(17-7)9-10(12)13-11(15)14(9)5-6-16-2/h3-4,9H,5-6H2,1-2H3,(H2,12,13,15). The summed E-state index contributed by atoms with van der Waals surface area (Å²) in [6, 6.07) is 3.48. The van der Waals surface area contributed by atoms with Crippen molar-refractivity contribution in [2.45, 2.75) is 13.0 Å². The average Bonchev–Trinajstić information content (AvgIpc) is 2.80. The number of carbonyl (C=O) groups is 1.